The van der Waals surface area contributed by atoms with Gasteiger partial charge >= 0.3 is 0 Å². The fourth-order valence-corrected chi connectivity index (χ4v) is 8.85. The van der Waals surface area contributed by atoms with Crippen LogP contribution in [0.3, 0.4) is 0 Å². The lowest BCUT2D eigenvalue weighted by molar-refractivity contribution is 0.436. The van der Waals surface area contributed by atoms with Gasteiger partial charge in [0.2, 0.25) is 0 Å². The summed E-state index contributed by atoms with van der Waals surface area (Å²) in [7, 11) is 0. The van der Waals surface area contributed by atoms with Gasteiger partial charge in [-0.1, -0.05) is 152 Å². The maximum Gasteiger partial charge on any atom is 0.164 e. The van der Waals surface area contributed by atoms with Gasteiger partial charge in [-0.25, -0.2) is 15.0 Å². The van der Waals surface area contributed by atoms with Gasteiger partial charge in [-0.15, -0.1) is 0 Å². The van der Waals surface area contributed by atoms with Gasteiger partial charge in [-0.2, -0.15) is 5.26 Å². The van der Waals surface area contributed by atoms with Crippen LogP contribution in [0.25, 0.3) is 67.5 Å². The molecule has 1 aliphatic heterocycles. The molecule has 5 heteroatoms. The molecule has 58 heavy (non-hydrogen) atoms. The first-order chi connectivity index (χ1) is 28.7. The van der Waals surface area contributed by atoms with E-state index in [1.165, 1.54) is 22.3 Å². The fraction of sp³-hybridized carbons (Fsp3) is 0.0189. The van der Waals surface area contributed by atoms with Gasteiger partial charge in [-0.3, -0.25) is 0 Å². The van der Waals surface area contributed by atoms with Crippen LogP contribution in [-0.4, -0.2) is 15.0 Å². The minimum Gasteiger partial charge on any atom is -0.457 e. The molecule has 2 heterocycles. The molecule has 8 aromatic carbocycles. The second-order valence-electron chi connectivity index (χ2n) is 14.6. The Morgan fingerprint density at radius 3 is 1.66 bits per heavy atom. The van der Waals surface area contributed by atoms with Crippen LogP contribution in [0.2, 0.25) is 0 Å². The Hall–Kier alpha value is -7.94. The van der Waals surface area contributed by atoms with Crippen molar-refractivity contribution in [1.29, 1.82) is 5.26 Å². The highest BCUT2D eigenvalue weighted by molar-refractivity contribution is 5.91. The van der Waals surface area contributed by atoms with E-state index in [1.807, 2.05) is 72.8 Å². The van der Waals surface area contributed by atoms with Crippen molar-refractivity contribution in [2.24, 2.45) is 0 Å². The molecule has 11 rings (SSSR count). The summed E-state index contributed by atoms with van der Waals surface area (Å²) in [6, 6.07) is 69.0. The van der Waals surface area contributed by atoms with Crippen molar-refractivity contribution in [2.75, 3.05) is 0 Å². The molecule has 1 aliphatic carbocycles. The molecule has 5 nitrogen and oxygen atoms in total. The van der Waals surface area contributed by atoms with Gasteiger partial charge in [0.05, 0.1) is 17.0 Å². The lowest BCUT2D eigenvalue weighted by atomic mass is 9.65. The quantitative estimate of drug-likeness (QED) is 0.176. The molecule has 270 valence electrons. The van der Waals surface area contributed by atoms with Crippen LogP contribution in [-0.2, 0) is 5.41 Å². The summed E-state index contributed by atoms with van der Waals surface area (Å²) in [6.07, 6.45) is 0. The molecular weight excluding hydrogens is 709 g/mol. The van der Waals surface area contributed by atoms with Crippen molar-refractivity contribution in [3.05, 3.63) is 222 Å². The van der Waals surface area contributed by atoms with E-state index in [0.717, 1.165) is 61.6 Å². The molecule has 1 spiro atoms. The van der Waals surface area contributed by atoms with Crippen molar-refractivity contribution in [3.63, 3.8) is 0 Å². The first-order valence-corrected chi connectivity index (χ1v) is 19.3. The third-order valence-corrected chi connectivity index (χ3v) is 11.5. The zero-order valence-corrected chi connectivity index (χ0v) is 31.2. The van der Waals surface area contributed by atoms with Crippen LogP contribution >= 0.6 is 0 Å². The van der Waals surface area contributed by atoms with Gasteiger partial charge < -0.3 is 4.74 Å². The molecule has 9 aromatic rings. The molecule has 0 fully saturated rings. The van der Waals surface area contributed by atoms with Crippen LogP contribution in [0, 0.1) is 11.3 Å². The molecule has 1 aromatic heterocycles. The summed E-state index contributed by atoms with van der Waals surface area (Å²) >= 11 is 0. The predicted octanol–water partition coefficient (Wildman–Crippen LogP) is 12.5. The largest absolute Gasteiger partial charge is 0.457 e. The third kappa shape index (κ3) is 5.20. The van der Waals surface area contributed by atoms with E-state index < -0.39 is 5.41 Å². The molecule has 0 saturated carbocycles. The zero-order chi connectivity index (χ0) is 38.6. The van der Waals surface area contributed by atoms with Crippen molar-refractivity contribution in [3.8, 4) is 85.1 Å². The molecule has 0 saturated heterocycles. The van der Waals surface area contributed by atoms with E-state index in [4.69, 9.17) is 19.7 Å². The minimum atomic E-state index is -0.716. The van der Waals surface area contributed by atoms with E-state index in [9.17, 15) is 5.26 Å². The van der Waals surface area contributed by atoms with E-state index in [1.54, 1.807) is 0 Å². The average molecular weight is 741 g/mol. The van der Waals surface area contributed by atoms with Crippen molar-refractivity contribution < 1.29 is 4.74 Å². The molecule has 0 amide bonds. The number of nitriles is 1. The third-order valence-electron chi connectivity index (χ3n) is 11.5. The summed E-state index contributed by atoms with van der Waals surface area (Å²) in [4.78, 5) is 15.6. The maximum absolute atomic E-state index is 9.51. The lowest BCUT2D eigenvalue weighted by Gasteiger charge is -2.39. The summed E-state index contributed by atoms with van der Waals surface area (Å²) in [6.45, 7) is 0. The van der Waals surface area contributed by atoms with Crippen LogP contribution in [0.15, 0.2) is 194 Å². The number of hydrogen-bond acceptors (Lipinski definition) is 5. The van der Waals surface area contributed by atoms with Crippen LogP contribution in [0.5, 0.6) is 11.5 Å². The van der Waals surface area contributed by atoms with E-state index in [2.05, 4.69) is 127 Å². The summed E-state index contributed by atoms with van der Waals surface area (Å²) in [5, 5.41) is 9.51. The topological polar surface area (TPSA) is 71.7 Å². The number of ether oxygens (including phenoxy) is 1. The Bertz CT molecular complexity index is 3100. The first-order valence-electron chi connectivity index (χ1n) is 19.3. The standard InChI is InChI=1S/C53H32N4O/c54-33-34-23-25-35(26-24-34)38-27-29-42-41-18-9-10-20-44(41)53(46(42)31-38)45-21-11-12-22-48(45)58-49-30-28-39(32-47(49)53)51-55-50(37-15-5-2-6-16-37)56-52(57-51)43-19-8-7-17-40(43)36-13-3-1-4-14-36/h1-32H. The minimum absolute atomic E-state index is 0.571. The number of rotatable bonds is 5. The van der Waals surface area contributed by atoms with Gasteiger partial charge in [0.1, 0.15) is 11.5 Å². The fourth-order valence-electron chi connectivity index (χ4n) is 8.85. The highest BCUT2D eigenvalue weighted by Crippen LogP contribution is 2.62. The zero-order valence-electron chi connectivity index (χ0n) is 31.2. The predicted molar refractivity (Wildman–Crippen MR) is 229 cm³/mol. The Kier molecular flexibility index (Phi) is 7.70. The number of nitrogens with zero attached hydrogens (tertiary/aromatic N) is 4. The van der Waals surface area contributed by atoms with E-state index in [0.29, 0.717) is 23.0 Å². The lowest BCUT2D eigenvalue weighted by Crippen LogP contribution is -2.32. The smallest absolute Gasteiger partial charge is 0.164 e. The highest BCUT2D eigenvalue weighted by atomic mass is 16.5. The Morgan fingerprint density at radius 2 is 0.897 bits per heavy atom. The highest BCUT2D eigenvalue weighted by Gasteiger charge is 2.51. The molecule has 1 atom stereocenters. The number of aromatic nitrogens is 3. The SMILES string of the molecule is N#Cc1ccc(-c2ccc3c(c2)C2(c4ccccc4Oc4ccc(-c5nc(-c6ccccc6)nc(-c6ccccc6-c6ccccc6)n5)cc42)c2ccccc2-3)cc1. The average Bonchev–Trinajstić information content (AvgIpc) is 3.59. The Balaban J connectivity index is 1.16. The second-order valence-corrected chi connectivity index (χ2v) is 14.6. The molecule has 0 radical (unpaired) electrons. The van der Waals surface area contributed by atoms with Gasteiger partial charge in [0, 0.05) is 27.8 Å². The van der Waals surface area contributed by atoms with Gasteiger partial charge in [0.25, 0.3) is 0 Å². The number of fused-ring (bicyclic) bond motifs is 9. The number of hydrogen-bond donors (Lipinski definition) is 0. The number of benzene rings is 8. The monoisotopic (exact) mass is 740 g/mol. The molecule has 2 aliphatic rings. The van der Waals surface area contributed by atoms with E-state index >= 15 is 0 Å². The first kappa shape index (κ1) is 33.4. The van der Waals surface area contributed by atoms with E-state index in [-0.39, 0.29) is 0 Å². The summed E-state index contributed by atoms with van der Waals surface area (Å²) < 4.78 is 6.79. The Labute approximate surface area is 336 Å². The molecule has 0 bridgehead atoms. The maximum atomic E-state index is 9.51. The summed E-state index contributed by atoms with van der Waals surface area (Å²) in [5.74, 6) is 3.37. The van der Waals surface area contributed by atoms with Crippen molar-refractivity contribution >= 4 is 0 Å². The molecule has 1 unspecified atom stereocenters. The van der Waals surface area contributed by atoms with Crippen LogP contribution in [0.4, 0.5) is 0 Å². The van der Waals surface area contributed by atoms with Crippen LogP contribution < -0.4 is 4.74 Å². The van der Waals surface area contributed by atoms with Crippen molar-refractivity contribution in [1.82, 2.24) is 15.0 Å². The molecular formula is C53H32N4O. The second kappa shape index (κ2) is 13.4. The van der Waals surface area contributed by atoms with Crippen LogP contribution in [0.1, 0.15) is 27.8 Å². The van der Waals surface area contributed by atoms with Crippen molar-refractivity contribution in [2.45, 2.75) is 5.41 Å². The normalized spacial score (nSPS) is 14.4. The Morgan fingerprint density at radius 1 is 0.362 bits per heavy atom. The number of para-hydroxylation sites is 1. The summed E-state index contributed by atoms with van der Waals surface area (Å²) in [5.41, 5.74) is 13.7. The molecule has 0 N–H and O–H groups in total. The van der Waals surface area contributed by atoms with Gasteiger partial charge in [0.15, 0.2) is 17.5 Å². The van der Waals surface area contributed by atoms with Gasteiger partial charge in [-0.05, 0) is 87.0 Å².